The molecule has 25 heavy (non-hydrogen) atoms. The third-order valence-electron chi connectivity index (χ3n) is 4.17. The summed E-state index contributed by atoms with van der Waals surface area (Å²) in [6, 6.07) is 19.9. The van der Waals surface area contributed by atoms with Gasteiger partial charge < -0.3 is 16.2 Å². The summed E-state index contributed by atoms with van der Waals surface area (Å²) in [5.74, 6) is 0.123. The molecule has 0 saturated carbocycles. The molecule has 0 aliphatic heterocycles. The molecule has 4 N–H and O–H groups in total. The molecule has 3 rings (SSSR count). The molecular formula is C21H20N2O2. The van der Waals surface area contributed by atoms with E-state index in [0.29, 0.717) is 5.56 Å². The molecule has 1 atom stereocenters. The average Bonchev–Trinajstić information content (AvgIpc) is 2.61. The normalized spacial score (nSPS) is 12.8. The molecule has 2 amide bonds. The Bertz CT molecular complexity index is 933. The van der Waals surface area contributed by atoms with E-state index in [1.54, 1.807) is 6.07 Å². The van der Waals surface area contributed by atoms with Crippen molar-refractivity contribution in [2.24, 2.45) is 5.73 Å². The van der Waals surface area contributed by atoms with Gasteiger partial charge in [-0.15, -0.1) is 0 Å². The standard InChI is InChI=1S/C21H20N2O2/c1-14(13-15-7-3-2-4-8-15)20(23-21(22)25)19-17-10-6-5-9-16(17)11-12-18(19)24/h2-13,20,24H,1H3,(H3,22,23,25)/b14-13+. The van der Waals surface area contributed by atoms with Gasteiger partial charge >= 0.3 is 6.03 Å². The van der Waals surface area contributed by atoms with Gasteiger partial charge in [0, 0.05) is 5.56 Å². The van der Waals surface area contributed by atoms with Gasteiger partial charge in [-0.2, -0.15) is 0 Å². The molecule has 3 aromatic carbocycles. The summed E-state index contributed by atoms with van der Waals surface area (Å²) in [6.07, 6.45) is 1.97. The maximum Gasteiger partial charge on any atom is 0.312 e. The first-order valence-electron chi connectivity index (χ1n) is 8.06. The lowest BCUT2D eigenvalue weighted by molar-refractivity contribution is 0.246. The first kappa shape index (κ1) is 16.6. The van der Waals surface area contributed by atoms with Crippen molar-refractivity contribution in [1.82, 2.24) is 5.32 Å². The molecule has 0 aliphatic carbocycles. The van der Waals surface area contributed by atoms with E-state index in [1.807, 2.05) is 73.7 Å². The smallest absolute Gasteiger partial charge is 0.312 e. The van der Waals surface area contributed by atoms with Gasteiger partial charge in [-0.05, 0) is 34.9 Å². The number of carbonyl (C=O) groups is 1. The van der Waals surface area contributed by atoms with Crippen LogP contribution in [-0.4, -0.2) is 11.1 Å². The summed E-state index contributed by atoms with van der Waals surface area (Å²) < 4.78 is 0. The number of carbonyl (C=O) groups excluding carboxylic acids is 1. The molecule has 0 heterocycles. The van der Waals surface area contributed by atoms with Crippen LogP contribution in [0, 0.1) is 0 Å². The van der Waals surface area contributed by atoms with E-state index in [4.69, 9.17) is 5.73 Å². The molecule has 0 fully saturated rings. The van der Waals surface area contributed by atoms with E-state index >= 15 is 0 Å². The lowest BCUT2D eigenvalue weighted by Crippen LogP contribution is -2.34. The van der Waals surface area contributed by atoms with Gasteiger partial charge in [0.1, 0.15) is 5.75 Å². The van der Waals surface area contributed by atoms with Crippen molar-refractivity contribution in [3.8, 4) is 5.75 Å². The third-order valence-corrected chi connectivity index (χ3v) is 4.17. The van der Waals surface area contributed by atoms with Crippen LogP contribution in [0.1, 0.15) is 24.1 Å². The maximum absolute atomic E-state index is 11.6. The van der Waals surface area contributed by atoms with Crippen molar-refractivity contribution in [2.45, 2.75) is 13.0 Å². The Morgan fingerprint density at radius 2 is 1.72 bits per heavy atom. The molecule has 0 spiro atoms. The van der Waals surface area contributed by atoms with Crippen LogP contribution in [0.15, 0.2) is 72.3 Å². The average molecular weight is 332 g/mol. The van der Waals surface area contributed by atoms with Crippen LogP contribution in [0.4, 0.5) is 4.79 Å². The zero-order chi connectivity index (χ0) is 17.8. The van der Waals surface area contributed by atoms with Crippen LogP contribution in [0.3, 0.4) is 0 Å². The number of fused-ring (bicyclic) bond motifs is 1. The highest BCUT2D eigenvalue weighted by atomic mass is 16.3. The fraction of sp³-hybridized carbons (Fsp3) is 0.0952. The predicted molar refractivity (Wildman–Crippen MR) is 101 cm³/mol. The second kappa shape index (κ2) is 7.09. The molecule has 0 saturated heterocycles. The molecule has 0 radical (unpaired) electrons. The van der Waals surface area contributed by atoms with Gasteiger partial charge in [-0.3, -0.25) is 0 Å². The number of phenols is 1. The Balaban J connectivity index is 2.15. The molecule has 4 heteroatoms. The van der Waals surface area contributed by atoms with Crippen molar-refractivity contribution in [1.29, 1.82) is 0 Å². The largest absolute Gasteiger partial charge is 0.508 e. The molecule has 4 nitrogen and oxygen atoms in total. The summed E-state index contributed by atoms with van der Waals surface area (Å²) in [6.45, 7) is 1.91. The number of phenolic OH excluding ortho intramolecular Hbond substituents is 1. The highest BCUT2D eigenvalue weighted by Crippen LogP contribution is 2.36. The van der Waals surface area contributed by atoms with Gasteiger partial charge in [0.2, 0.25) is 0 Å². The quantitative estimate of drug-likeness (QED) is 0.664. The Morgan fingerprint density at radius 3 is 2.44 bits per heavy atom. The van der Waals surface area contributed by atoms with E-state index in [0.717, 1.165) is 21.9 Å². The number of amides is 2. The van der Waals surface area contributed by atoms with E-state index in [2.05, 4.69) is 5.32 Å². The maximum atomic E-state index is 11.6. The van der Waals surface area contributed by atoms with Crippen LogP contribution in [-0.2, 0) is 0 Å². The van der Waals surface area contributed by atoms with Crippen LogP contribution in [0.5, 0.6) is 5.75 Å². The van der Waals surface area contributed by atoms with Gasteiger partial charge in [0.25, 0.3) is 0 Å². The molecule has 1 unspecified atom stereocenters. The minimum atomic E-state index is -0.641. The predicted octanol–water partition coefficient (Wildman–Crippen LogP) is 4.36. The Morgan fingerprint density at radius 1 is 1.04 bits per heavy atom. The Hall–Kier alpha value is -3.27. The molecule has 3 aromatic rings. The summed E-state index contributed by atoms with van der Waals surface area (Å²) in [5, 5.41) is 15.1. The second-order valence-corrected chi connectivity index (χ2v) is 5.96. The van der Waals surface area contributed by atoms with Gasteiger partial charge in [-0.1, -0.05) is 66.7 Å². The fourth-order valence-electron chi connectivity index (χ4n) is 3.04. The number of hydrogen-bond donors (Lipinski definition) is 3. The monoisotopic (exact) mass is 332 g/mol. The molecule has 0 bridgehead atoms. The topological polar surface area (TPSA) is 75.3 Å². The lowest BCUT2D eigenvalue weighted by atomic mass is 9.92. The fourth-order valence-corrected chi connectivity index (χ4v) is 3.04. The van der Waals surface area contributed by atoms with Crippen molar-refractivity contribution < 1.29 is 9.90 Å². The molecule has 126 valence electrons. The highest BCUT2D eigenvalue weighted by Gasteiger charge is 2.21. The van der Waals surface area contributed by atoms with Crippen LogP contribution in [0.25, 0.3) is 16.8 Å². The summed E-state index contributed by atoms with van der Waals surface area (Å²) in [5.41, 5.74) is 7.92. The number of primary amides is 1. The van der Waals surface area contributed by atoms with Crippen molar-refractivity contribution in [3.05, 3.63) is 83.4 Å². The number of nitrogens with one attached hydrogen (secondary N) is 1. The van der Waals surface area contributed by atoms with Crippen molar-refractivity contribution >= 4 is 22.9 Å². The first-order chi connectivity index (χ1) is 12.1. The summed E-state index contributed by atoms with van der Waals surface area (Å²) in [7, 11) is 0. The SMILES string of the molecule is C/C(=C\c1ccccc1)C(NC(N)=O)c1c(O)ccc2ccccc12. The van der Waals surface area contributed by atoms with E-state index in [-0.39, 0.29) is 5.75 Å². The van der Waals surface area contributed by atoms with Gasteiger partial charge in [0.05, 0.1) is 6.04 Å². The van der Waals surface area contributed by atoms with Crippen LogP contribution < -0.4 is 11.1 Å². The molecular weight excluding hydrogens is 312 g/mol. The number of benzene rings is 3. The molecule has 0 aromatic heterocycles. The van der Waals surface area contributed by atoms with Gasteiger partial charge in [-0.25, -0.2) is 4.79 Å². The minimum Gasteiger partial charge on any atom is -0.508 e. The summed E-state index contributed by atoms with van der Waals surface area (Å²) >= 11 is 0. The third kappa shape index (κ3) is 3.63. The van der Waals surface area contributed by atoms with Crippen LogP contribution >= 0.6 is 0 Å². The zero-order valence-corrected chi connectivity index (χ0v) is 13.9. The van der Waals surface area contributed by atoms with E-state index in [1.165, 1.54) is 0 Å². The van der Waals surface area contributed by atoms with Crippen molar-refractivity contribution in [3.63, 3.8) is 0 Å². The number of rotatable bonds is 4. The first-order valence-corrected chi connectivity index (χ1v) is 8.06. The van der Waals surface area contributed by atoms with Gasteiger partial charge in [0.15, 0.2) is 0 Å². The Kier molecular flexibility index (Phi) is 4.70. The second-order valence-electron chi connectivity index (χ2n) is 5.96. The van der Waals surface area contributed by atoms with Crippen molar-refractivity contribution in [2.75, 3.05) is 0 Å². The lowest BCUT2D eigenvalue weighted by Gasteiger charge is -2.22. The highest BCUT2D eigenvalue weighted by molar-refractivity contribution is 5.89. The minimum absolute atomic E-state index is 0.123. The molecule has 0 aliphatic rings. The number of hydrogen-bond acceptors (Lipinski definition) is 2. The van der Waals surface area contributed by atoms with E-state index in [9.17, 15) is 9.90 Å². The number of nitrogens with two attached hydrogens (primary N) is 1. The number of aromatic hydroxyl groups is 1. The zero-order valence-electron chi connectivity index (χ0n) is 13.9. The summed E-state index contributed by atoms with van der Waals surface area (Å²) in [4.78, 5) is 11.6. The van der Waals surface area contributed by atoms with E-state index < -0.39 is 12.1 Å². The van der Waals surface area contributed by atoms with Crippen LogP contribution in [0.2, 0.25) is 0 Å². The Labute approximate surface area is 146 Å². The number of urea groups is 1.